The van der Waals surface area contributed by atoms with E-state index in [9.17, 15) is 29.5 Å². The number of fused-ring (bicyclic) bond motifs is 3. The number of ketones is 2. The van der Waals surface area contributed by atoms with Crippen molar-refractivity contribution in [3.8, 4) is 11.5 Å². The number of amides is 2. The first-order valence-corrected chi connectivity index (χ1v) is 10.4. The predicted octanol–water partition coefficient (Wildman–Crippen LogP) is 2.22. The number of carbonyl (C=O) groups excluding carboxylic acids is 4. The van der Waals surface area contributed by atoms with Gasteiger partial charge in [-0.3, -0.25) is 24.4 Å². The topological polar surface area (TPSA) is 121 Å². The second-order valence-corrected chi connectivity index (χ2v) is 8.64. The van der Waals surface area contributed by atoms with Gasteiger partial charge in [0.25, 0.3) is 11.8 Å². The summed E-state index contributed by atoms with van der Waals surface area (Å²) in [5.41, 5.74) is 2.32. The minimum absolute atomic E-state index is 0.0147. The fourth-order valence-electron chi connectivity index (χ4n) is 5.66. The van der Waals surface area contributed by atoms with E-state index in [4.69, 9.17) is 4.74 Å². The number of benzene rings is 1. The van der Waals surface area contributed by atoms with E-state index in [0.717, 1.165) is 5.57 Å². The molecule has 4 aliphatic rings. The second-order valence-electron chi connectivity index (χ2n) is 8.64. The Bertz CT molecular complexity index is 1200. The number of methoxy groups -OCH3 is 1. The van der Waals surface area contributed by atoms with Gasteiger partial charge in [0.1, 0.15) is 11.5 Å². The quantitative estimate of drug-likeness (QED) is 0.316. The van der Waals surface area contributed by atoms with Crippen LogP contribution in [0.2, 0.25) is 0 Å². The van der Waals surface area contributed by atoms with Crippen molar-refractivity contribution in [3.63, 3.8) is 0 Å². The van der Waals surface area contributed by atoms with E-state index in [1.165, 1.54) is 25.3 Å². The number of hydroxylamine groups is 2. The largest absolute Gasteiger partial charge is 0.508 e. The Labute approximate surface area is 183 Å². The summed E-state index contributed by atoms with van der Waals surface area (Å²) < 4.78 is 5.47. The minimum atomic E-state index is -0.804. The summed E-state index contributed by atoms with van der Waals surface area (Å²) >= 11 is 0. The molecule has 2 amide bonds. The molecule has 0 bridgehead atoms. The van der Waals surface area contributed by atoms with Crippen LogP contribution in [0.1, 0.15) is 31.2 Å². The van der Waals surface area contributed by atoms with E-state index in [0.29, 0.717) is 28.0 Å². The maximum Gasteiger partial charge on any atom is 0.257 e. The monoisotopic (exact) mass is 435 g/mol. The van der Waals surface area contributed by atoms with E-state index in [1.807, 2.05) is 6.08 Å². The van der Waals surface area contributed by atoms with Gasteiger partial charge in [0.2, 0.25) is 0 Å². The molecule has 3 aliphatic carbocycles. The van der Waals surface area contributed by atoms with Crippen molar-refractivity contribution in [1.29, 1.82) is 0 Å². The Hall–Kier alpha value is -3.52. The normalized spacial score (nSPS) is 29.4. The molecule has 4 atom stereocenters. The number of phenols is 1. The third kappa shape index (κ3) is 2.65. The molecule has 2 N–H and O–H groups in total. The van der Waals surface area contributed by atoms with Gasteiger partial charge in [-0.1, -0.05) is 17.7 Å². The van der Waals surface area contributed by atoms with E-state index < -0.39 is 35.5 Å². The number of phenolic OH excluding ortho intramolecular Hbond substituents is 1. The SMILES string of the molecule is COc1cc(O)ccc1C1C2=CCC3C(=O)N(O)C(=O)C3C2CC2=C1C(=O)C=C(C)C2=O. The van der Waals surface area contributed by atoms with Crippen LogP contribution in [0.25, 0.3) is 0 Å². The highest BCUT2D eigenvalue weighted by Gasteiger charge is 2.56. The highest BCUT2D eigenvalue weighted by Crippen LogP contribution is 2.56. The molecule has 0 spiro atoms. The van der Waals surface area contributed by atoms with E-state index in [-0.39, 0.29) is 35.2 Å². The lowest BCUT2D eigenvalue weighted by atomic mass is 9.59. The molecular weight excluding hydrogens is 414 g/mol. The molecule has 1 aliphatic heterocycles. The standard InChI is InChI=1S/C24H21NO7/c1-10-7-17(27)21-16(22(10)28)9-15-12(5-6-14-20(15)24(30)25(31)23(14)29)19(21)13-4-3-11(26)8-18(13)32-2/h3-5,7-8,14-15,19-20,26,31H,6,9H2,1-2H3. The first kappa shape index (κ1) is 20.4. The van der Waals surface area contributed by atoms with Crippen molar-refractivity contribution >= 4 is 23.4 Å². The number of nitrogens with zero attached hydrogens (tertiary/aromatic N) is 1. The average Bonchev–Trinajstić information content (AvgIpc) is 3.00. The summed E-state index contributed by atoms with van der Waals surface area (Å²) in [6, 6.07) is 4.55. The highest BCUT2D eigenvalue weighted by atomic mass is 16.5. The number of Topliss-reactive ketones (excluding diaryl/α,β-unsaturated/α-hetero) is 1. The van der Waals surface area contributed by atoms with Crippen LogP contribution in [0.3, 0.4) is 0 Å². The lowest BCUT2D eigenvalue weighted by molar-refractivity contribution is -0.173. The van der Waals surface area contributed by atoms with Crippen molar-refractivity contribution in [3.05, 3.63) is 58.2 Å². The minimum Gasteiger partial charge on any atom is -0.508 e. The molecule has 0 aromatic heterocycles. The number of hydrogen-bond donors (Lipinski definition) is 2. The molecule has 5 rings (SSSR count). The number of hydrogen-bond acceptors (Lipinski definition) is 7. The fourth-order valence-corrected chi connectivity index (χ4v) is 5.66. The van der Waals surface area contributed by atoms with Crippen molar-refractivity contribution < 1.29 is 34.2 Å². The zero-order valence-corrected chi connectivity index (χ0v) is 17.5. The molecule has 8 heteroatoms. The van der Waals surface area contributed by atoms with Gasteiger partial charge in [0, 0.05) is 34.3 Å². The summed E-state index contributed by atoms with van der Waals surface area (Å²) in [5, 5.41) is 20.1. The number of carbonyl (C=O) groups is 4. The Morgan fingerprint density at radius 3 is 2.56 bits per heavy atom. The van der Waals surface area contributed by atoms with Crippen LogP contribution in [-0.4, -0.2) is 45.9 Å². The van der Waals surface area contributed by atoms with Crippen LogP contribution in [-0.2, 0) is 19.2 Å². The summed E-state index contributed by atoms with van der Waals surface area (Å²) in [7, 11) is 1.44. The van der Waals surface area contributed by atoms with Gasteiger partial charge < -0.3 is 9.84 Å². The molecule has 0 saturated carbocycles. The predicted molar refractivity (Wildman–Crippen MR) is 110 cm³/mol. The number of rotatable bonds is 2. The summed E-state index contributed by atoms with van der Waals surface area (Å²) in [6.07, 6.45) is 3.56. The Kier molecular flexibility index (Phi) is 4.46. The van der Waals surface area contributed by atoms with E-state index in [2.05, 4.69) is 0 Å². The lowest BCUT2D eigenvalue weighted by Gasteiger charge is -2.42. The number of aromatic hydroxyl groups is 1. The fraction of sp³-hybridized carbons (Fsp3) is 0.333. The van der Waals surface area contributed by atoms with Crippen molar-refractivity contribution in [2.45, 2.75) is 25.7 Å². The molecule has 8 nitrogen and oxygen atoms in total. The lowest BCUT2D eigenvalue weighted by Crippen LogP contribution is -2.39. The molecular formula is C24H21NO7. The smallest absolute Gasteiger partial charge is 0.257 e. The van der Waals surface area contributed by atoms with E-state index in [1.54, 1.807) is 13.0 Å². The van der Waals surface area contributed by atoms with Crippen LogP contribution < -0.4 is 4.74 Å². The van der Waals surface area contributed by atoms with Gasteiger partial charge in [-0.2, -0.15) is 5.06 Å². The van der Waals surface area contributed by atoms with Gasteiger partial charge in [-0.25, -0.2) is 0 Å². The van der Waals surface area contributed by atoms with Crippen molar-refractivity contribution in [2.75, 3.05) is 7.11 Å². The Morgan fingerprint density at radius 1 is 1.09 bits per heavy atom. The average molecular weight is 435 g/mol. The van der Waals surface area contributed by atoms with Crippen molar-refractivity contribution in [1.82, 2.24) is 5.06 Å². The van der Waals surface area contributed by atoms with Crippen LogP contribution >= 0.6 is 0 Å². The molecule has 1 heterocycles. The third-order valence-electron chi connectivity index (χ3n) is 7.07. The third-order valence-corrected chi connectivity index (χ3v) is 7.07. The molecule has 1 saturated heterocycles. The van der Waals surface area contributed by atoms with Crippen LogP contribution in [0, 0.1) is 17.8 Å². The van der Waals surface area contributed by atoms with Gasteiger partial charge in [0.15, 0.2) is 11.6 Å². The zero-order valence-electron chi connectivity index (χ0n) is 17.5. The number of ether oxygens (including phenoxy) is 1. The van der Waals surface area contributed by atoms with Crippen LogP contribution in [0.5, 0.6) is 11.5 Å². The van der Waals surface area contributed by atoms with Gasteiger partial charge in [-0.05, 0) is 37.8 Å². The van der Waals surface area contributed by atoms with E-state index >= 15 is 0 Å². The molecule has 4 unspecified atom stereocenters. The highest BCUT2D eigenvalue weighted by molar-refractivity contribution is 6.23. The first-order chi connectivity index (χ1) is 15.2. The number of allylic oxidation sites excluding steroid dienone is 6. The molecule has 1 fully saturated rings. The van der Waals surface area contributed by atoms with Gasteiger partial charge in [-0.15, -0.1) is 0 Å². The maximum absolute atomic E-state index is 13.1. The molecule has 1 aromatic rings. The molecule has 164 valence electrons. The van der Waals surface area contributed by atoms with Crippen molar-refractivity contribution in [2.24, 2.45) is 17.8 Å². The number of imide groups is 1. The second kappa shape index (κ2) is 7.00. The van der Waals surface area contributed by atoms with Gasteiger partial charge in [0.05, 0.1) is 18.9 Å². The zero-order chi connectivity index (χ0) is 22.9. The Morgan fingerprint density at radius 2 is 1.84 bits per heavy atom. The summed E-state index contributed by atoms with van der Waals surface area (Å²) in [6.45, 7) is 1.58. The first-order valence-electron chi connectivity index (χ1n) is 10.4. The van der Waals surface area contributed by atoms with Gasteiger partial charge >= 0.3 is 0 Å². The molecule has 0 radical (unpaired) electrons. The summed E-state index contributed by atoms with van der Waals surface area (Å²) in [5.74, 6) is -4.23. The van der Waals surface area contributed by atoms with Crippen LogP contribution in [0.15, 0.2) is 52.6 Å². The van der Waals surface area contributed by atoms with Crippen LogP contribution in [0.4, 0.5) is 0 Å². The maximum atomic E-state index is 13.1. The molecule has 32 heavy (non-hydrogen) atoms. The Balaban J connectivity index is 1.74. The molecule has 1 aromatic carbocycles. The summed E-state index contributed by atoms with van der Waals surface area (Å²) in [4.78, 5) is 51.4.